The first-order valence-corrected chi connectivity index (χ1v) is 18.4. The van der Waals surface area contributed by atoms with Gasteiger partial charge in [0.25, 0.3) is 21.9 Å². The topological polar surface area (TPSA) is 290 Å². The molecule has 1 aliphatic heterocycles. The molecule has 0 saturated carbocycles. The number of rotatable bonds is 22. The number of hydrogen-bond acceptors (Lipinski definition) is 11. The minimum Gasteiger partial charge on any atom is -0.461 e. The summed E-state index contributed by atoms with van der Waals surface area (Å²) >= 11 is 0. The number of amides is 8. The summed E-state index contributed by atoms with van der Waals surface area (Å²) in [5.74, 6) is -6.43. The van der Waals surface area contributed by atoms with Gasteiger partial charge in [-0.05, 0) is 49.3 Å². The molecule has 0 aromatic heterocycles. The number of carbonyl (C=O) groups excluding carboxylic acids is 8. The summed E-state index contributed by atoms with van der Waals surface area (Å²) < 4.78 is 38.0. The second-order valence-electron chi connectivity index (χ2n) is 12.5. The Bertz CT molecular complexity index is 1630. The molecule has 292 valence electrons. The van der Waals surface area contributed by atoms with Crippen molar-refractivity contribution in [2.45, 2.75) is 84.0 Å². The number of carbonyl (C=O) groups is 8. The molecule has 0 aliphatic carbocycles. The van der Waals surface area contributed by atoms with Crippen molar-refractivity contribution in [3.05, 3.63) is 42.0 Å². The minimum absolute atomic E-state index is 0.0180. The van der Waals surface area contributed by atoms with Crippen molar-refractivity contribution in [3.8, 4) is 0 Å². The molecule has 0 saturated heterocycles. The molecule has 1 aromatic rings. The number of nitrogens with one attached hydrogen (secondary N) is 5. The number of hydrogen-bond donors (Lipinski definition) is 7. The Balaban J connectivity index is 2.08. The van der Waals surface area contributed by atoms with Gasteiger partial charge in [0.1, 0.15) is 30.5 Å². The van der Waals surface area contributed by atoms with Crippen LogP contribution in [0, 0.1) is 5.92 Å². The summed E-state index contributed by atoms with van der Waals surface area (Å²) in [5.41, 5.74) is 6.12. The smallest absolute Gasteiger partial charge is 0.312 e. The highest BCUT2D eigenvalue weighted by molar-refractivity contribution is 7.85. The van der Waals surface area contributed by atoms with Crippen LogP contribution in [0.4, 0.5) is 10.5 Å². The van der Waals surface area contributed by atoms with Crippen LogP contribution in [-0.2, 0) is 55.0 Å². The second-order valence-corrected chi connectivity index (χ2v) is 14.0. The van der Waals surface area contributed by atoms with E-state index in [1.807, 2.05) is 0 Å². The maximum absolute atomic E-state index is 13.5. The van der Waals surface area contributed by atoms with Gasteiger partial charge < -0.3 is 37.1 Å². The third kappa shape index (κ3) is 16.7. The van der Waals surface area contributed by atoms with Crippen molar-refractivity contribution in [3.63, 3.8) is 0 Å². The van der Waals surface area contributed by atoms with E-state index in [9.17, 15) is 51.3 Å². The number of nitrogens with two attached hydrogens (primary N) is 1. The van der Waals surface area contributed by atoms with Crippen molar-refractivity contribution in [1.82, 2.24) is 26.2 Å². The fourth-order valence-corrected chi connectivity index (χ4v) is 5.64. The van der Waals surface area contributed by atoms with E-state index in [0.29, 0.717) is 24.1 Å². The summed E-state index contributed by atoms with van der Waals surface area (Å²) in [5, 5.41) is 12.3. The summed E-state index contributed by atoms with van der Waals surface area (Å²) in [6.07, 6.45) is 3.47. The number of primary amides is 1. The Hall–Kier alpha value is -5.37. The molecule has 53 heavy (non-hydrogen) atoms. The molecule has 8 N–H and O–H groups in total. The van der Waals surface area contributed by atoms with Crippen LogP contribution < -0.4 is 32.3 Å². The standard InChI is InChI=1S/C33H47N7O12S/c1-20(2)29(39-31(46)25(19-53(49,50)51)37-26(42)9-5-4-6-17-40-27(43)14-15-28(40)44)32(47)38-24(8-7-16-35-33(34)48)30(45)36-23-12-10-22(11-13-23)18-52-21(3)41/h10-15,20,24-25,29H,4-9,16-19H2,1-3H3,(H,36,45)(H,37,42)(H,38,47)(H,39,46)(H3,34,35,48)(H,49,50,51)/t24-,25-,29-/m0/s1. The summed E-state index contributed by atoms with van der Waals surface area (Å²) in [7, 11) is -4.79. The molecule has 2 rings (SSSR count). The van der Waals surface area contributed by atoms with Crippen LogP contribution in [0.3, 0.4) is 0 Å². The fraction of sp³-hybridized carbons (Fsp3) is 0.515. The first kappa shape index (κ1) is 43.8. The molecule has 20 heteroatoms. The van der Waals surface area contributed by atoms with E-state index in [-0.39, 0.29) is 45.4 Å². The Morgan fingerprint density at radius 2 is 1.49 bits per heavy atom. The van der Waals surface area contributed by atoms with Gasteiger partial charge >= 0.3 is 12.0 Å². The Labute approximate surface area is 306 Å². The molecule has 0 unspecified atom stereocenters. The van der Waals surface area contributed by atoms with Crippen molar-refractivity contribution >= 4 is 63.2 Å². The molecule has 0 spiro atoms. The van der Waals surface area contributed by atoms with Crippen molar-refractivity contribution in [2.75, 3.05) is 24.2 Å². The van der Waals surface area contributed by atoms with Crippen molar-refractivity contribution in [1.29, 1.82) is 0 Å². The highest BCUT2D eigenvalue weighted by atomic mass is 32.2. The molecule has 0 fully saturated rings. The molecule has 8 amide bonds. The van der Waals surface area contributed by atoms with Crippen molar-refractivity contribution < 1.29 is 56.1 Å². The first-order chi connectivity index (χ1) is 24.9. The SMILES string of the molecule is CC(=O)OCc1ccc(NC(=O)[C@H](CCCNC(N)=O)NC(=O)[C@@H](NC(=O)[C@H](CS(=O)(=O)O)NC(=O)CCCCCN2C(=O)C=CC2=O)C(C)C)cc1. The second kappa shape index (κ2) is 21.2. The predicted molar refractivity (Wildman–Crippen MR) is 189 cm³/mol. The number of imide groups is 1. The molecule has 0 bridgehead atoms. The summed E-state index contributed by atoms with van der Waals surface area (Å²) in [4.78, 5) is 99.4. The summed E-state index contributed by atoms with van der Waals surface area (Å²) in [6, 6.07) is 1.24. The number of esters is 1. The Morgan fingerprint density at radius 1 is 0.849 bits per heavy atom. The van der Waals surface area contributed by atoms with Gasteiger partial charge in [-0.2, -0.15) is 8.42 Å². The number of anilines is 1. The van der Waals surface area contributed by atoms with Crippen LogP contribution >= 0.6 is 0 Å². The van der Waals surface area contributed by atoms with Crippen LogP contribution in [0.5, 0.6) is 0 Å². The molecule has 1 aliphatic rings. The molecule has 3 atom stereocenters. The average molecular weight is 766 g/mol. The zero-order valence-corrected chi connectivity index (χ0v) is 30.5. The van der Waals surface area contributed by atoms with Gasteiger partial charge in [-0.1, -0.05) is 32.4 Å². The van der Waals surface area contributed by atoms with Crippen LogP contribution in [0.15, 0.2) is 36.4 Å². The number of ether oxygens (including phenoxy) is 1. The average Bonchev–Trinajstić information content (AvgIpc) is 3.38. The van der Waals surface area contributed by atoms with Gasteiger partial charge in [0.05, 0.1) is 0 Å². The fourth-order valence-electron chi connectivity index (χ4n) is 4.98. The number of benzene rings is 1. The molecule has 19 nitrogen and oxygen atoms in total. The molecule has 1 aromatic carbocycles. The van der Waals surface area contributed by atoms with E-state index >= 15 is 0 Å². The van der Waals surface area contributed by atoms with Crippen LogP contribution in [-0.4, -0.2) is 102 Å². The molecular weight excluding hydrogens is 718 g/mol. The quantitative estimate of drug-likeness (QED) is 0.0344. The lowest BCUT2D eigenvalue weighted by Crippen LogP contribution is -2.59. The Morgan fingerprint density at radius 3 is 2.06 bits per heavy atom. The zero-order chi connectivity index (χ0) is 39.7. The minimum atomic E-state index is -4.79. The van der Waals surface area contributed by atoms with Crippen molar-refractivity contribution in [2.24, 2.45) is 11.7 Å². The maximum atomic E-state index is 13.5. The van der Waals surface area contributed by atoms with E-state index < -0.39 is 87.4 Å². The lowest BCUT2D eigenvalue weighted by Gasteiger charge is -2.27. The first-order valence-electron chi connectivity index (χ1n) is 16.8. The van der Waals surface area contributed by atoms with E-state index in [1.165, 1.54) is 6.92 Å². The summed E-state index contributed by atoms with van der Waals surface area (Å²) in [6.45, 7) is 4.67. The predicted octanol–water partition coefficient (Wildman–Crippen LogP) is -0.380. The normalized spacial score (nSPS) is 14.2. The highest BCUT2D eigenvalue weighted by Crippen LogP contribution is 2.13. The van der Waals surface area contributed by atoms with E-state index in [4.69, 9.17) is 10.5 Å². The van der Waals surface area contributed by atoms with E-state index in [2.05, 4.69) is 26.6 Å². The molecular formula is C33H47N7O12S. The highest BCUT2D eigenvalue weighted by Gasteiger charge is 2.33. The monoisotopic (exact) mass is 765 g/mol. The Kier molecular flexibility index (Phi) is 17.5. The number of urea groups is 1. The molecule has 1 heterocycles. The number of nitrogens with zero attached hydrogens (tertiary/aromatic N) is 1. The van der Waals surface area contributed by atoms with Gasteiger partial charge in [-0.3, -0.25) is 43.0 Å². The lowest BCUT2D eigenvalue weighted by molar-refractivity contribution is -0.142. The van der Waals surface area contributed by atoms with Crippen LogP contribution in [0.1, 0.15) is 64.9 Å². The third-order valence-corrected chi connectivity index (χ3v) is 8.48. The largest absolute Gasteiger partial charge is 0.461 e. The maximum Gasteiger partial charge on any atom is 0.312 e. The van der Waals surface area contributed by atoms with E-state index in [0.717, 1.165) is 17.1 Å². The third-order valence-electron chi connectivity index (χ3n) is 7.73. The number of unbranched alkanes of at least 4 members (excludes halogenated alkanes) is 2. The van der Waals surface area contributed by atoms with Gasteiger partial charge in [0, 0.05) is 44.3 Å². The lowest BCUT2D eigenvalue weighted by atomic mass is 10.0. The van der Waals surface area contributed by atoms with E-state index in [1.54, 1.807) is 38.1 Å². The van der Waals surface area contributed by atoms with Crippen LogP contribution in [0.25, 0.3) is 0 Å². The van der Waals surface area contributed by atoms with Crippen LogP contribution in [0.2, 0.25) is 0 Å². The molecule has 0 radical (unpaired) electrons. The van der Waals surface area contributed by atoms with Gasteiger partial charge in [-0.15, -0.1) is 0 Å². The zero-order valence-electron chi connectivity index (χ0n) is 29.7. The van der Waals surface area contributed by atoms with Gasteiger partial charge in [0.15, 0.2) is 0 Å². The van der Waals surface area contributed by atoms with Gasteiger partial charge in [-0.25, -0.2) is 4.79 Å². The van der Waals surface area contributed by atoms with Gasteiger partial charge in [0.2, 0.25) is 23.6 Å².